The first-order valence-electron chi connectivity index (χ1n) is 24.4. The molecule has 12 aromatic carbocycles. The second-order valence-corrected chi connectivity index (χ2v) is 19.3. The highest BCUT2D eigenvalue weighted by molar-refractivity contribution is 6.26. The van der Waals surface area contributed by atoms with E-state index in [0.29, 0.717) is 0 Å². The van der Waals surface area contributed by atoms with Crippen molar-refractivity contribution in [2.45, 2.75) is 19.3 Å². The molecule has 1 aliphatic heterocycles. The number of fused-ring (bicyclic) bond motifs is 10. The van der Waals surface area contributed by atoms with Crippen LogP contribution in [0.1, 0.15) is 25.0 Å². The molecular formula is C67H46N2O2. The number of anilines is 5. The van der Waals surface area contributed by atoms with Crippen LogP contribution in [0.4, 0.5) is 28.4 Å². The van der Waals surface area contributed by atoms with E-state index in [1.54, 1.807) is 0 Å². The zero-order valence-electron chi connectivity index (χ0n) is 39.3. The maximum atomic E-state index is 6.54. The van der Waals surface area contributed by atoms with Gasteiger partial charge in [-0.2, -0.15) is 0 Å². The molecule has 0 aromatic heterocycles. The average Bonchev–Trinajstić information content (AvgIpc) is 3.65. The zero-order valence-corrected chi connectivity index (χ0v) is 39.3. The van der Waals surface area contributed by atoms with Crippen molar-refractivity contribution in [1.29, 1.82) is 0 Å². The van der Waals surface area contributed by atoms with Crippen molar-refractivity contribution < 1.29 is 9.47 Å². The van der Waals surface area contributed by atoms with Crippen molar-refractivity contribution in [1.82, 2.24) is 0 Å². The highest BCUT2D eigenvalue weighted by Gasteiger charge is 2.36. The SMILES string of the molecule is CC1(C)c2ccccc2-c2ccc(-c3c4cc(N5c6ccccc6Oc6ccccc65)ccc4c(-c4cc5ccccc5c5ccccc45)c4cc(Nc5ccccc5Oc5ccccc5)ccc34)cc21. The van der Waals surface area contributed by atoms with E-state index in [0.717, 1.165) is 62.2 Å². The Kier molecular flexibility index (Phi) is 9.21. The van der Waals surface area contributed by atoms with Crippen LogP contribution in [-0.4, -0.2) is 0 Å². The molecule has 14 rings (SSSR count). The molecule has 0 atom stereocenters. The normalized spacial score (nSPS) is 13.1. The molecule has 0 radical (unpaired) electrons. The highest BCUT2D eigenvalue weighted by Crippen LogP contribution is 2.55. The Morgan fingerprint density at radius 3 is 1.89 bits per heavy atom. The lowest BCUT2D eigenvalue weighted by atomic mass is 9.80. The maximum Gasteiger partial charge on any atom is 0.151 e. The van der Waals surface area contributed by atoms with E-state index in [9.17, 15) is 0 Å². The minimum Gasteiger partial charge on any atom is -0.455 e. The van der Waals surface area contributed by atoms with E-state index < -0.39 is 0 Å². The summed E-state index contributed by atoms with van der Waals surface area (Å²) in [5.74, 6) is 3.18. The summed E-state index contributed by atoms with van der Waals surface area (Å²) in [5.41, 5.74) is 14.7. The number of para-hydroxylation sites is 7. The fourth-order valence-electron chi connectivity index (χ4n) is 11.6. The molecule has 0 fully saturated rings. The average molecular weight is 911 g/mol. The Labute approximate surface area is 412 Å². The van der Waals surface area contributed by atoms with Gasteiger partial charge in [0, 0.05) is 16.8 Å². The van der Waals surface area contributed by atoms with Crippen LogP contribution < -0.4 is 19.7 Å². The van der Waals surface area contributed by atoms with E-state index in [4.69, 9.17) is 9.47 Å². The van der Waals surface area contributed by atoms with Crippen LogP contribution in [0.2, 0.25) is 0 Å². The summed E-state index contributed by atoms with van der Waals surface area (Å²) < 4.78 is 13.0. The highest BCUT2D eigenvalue weighted by atomic mass is 16.5. The van der Waals surface area contributed by atoms with Gasteiger partial charge in [0.25, 0.3) is 0 Å². The van der Waals surface area contributed by atoms with Gasteiger partial charge in [-0.05, 0) is 173 Å². The van der Waals surface area contributed by atoms with Crippen LogP contribution >= 0.6 is 0 Å². The first-order chi connectivity index (χ1) is 35.0. The topological polar surface area (TPSA) is 33.7 Å². The lowest BCUT2D eigenvalue weighted by molar-refractivity contribution is 0.477. The van der Waals surface area contributed by atoms with Crippen LogP contribution in [0.5, 0.6) is 23.0 Å². The molecule has 1 aliphatic carbocycles. The monoisotopic (exact) mass is 910 g/mol. The summed E-state index contributed by atoms with van der Waals surface area (Å²) in [6.45, 7) is 4.74. The summed E-state index contributed by atoms with van der Waals surface area (Å²) in [6.07, 6.45) is 0. The molecule has 0 saturated heterocycles. The summed E-state index contributed by atoms with van der Waals surface area (Å²) in [7, 11) is 0. The first-order valence-corrected chi connectivity index (χ1v) is 24.4. The van der Waals surface area contributed by atoms with Gasteiger partial charge in [-0.1, -0.05) is 166 Å². The second kappa shape index (κ2) is 16.0. The molecule has 1 N–H and O–H groups in total. The lowest BCUT2D eigenvalue weighted by Crippen LogP contribution is -2.15. The van der Waals surface area contributed by atoms with E-state index >= 15 is 0 Å². The molecule has 71 heavy (non-hydrogen) atoms. The Bertz CT molecular complexity index is 4090. The van der Waals surface area contributed by atoms with Gasteiger partial charge in [-0.3, -0.25) is 0 Å². The molecule has 2 aliphatic rings. The van der Waals surface area contributed by atoms with Gasteiger partial charge in [0.05, 0.1) is 17.1 Å². The van der Waals surface area contributed by atoms with Crippen molar-refractivity contribution in [3.8, 4) is 56.4 Å². The largest absolute Gasteiger partial charge is 0.455 e. The van der Waals surface area contributed by atoms with Gasteiger partial charge in [-0.15, -0.1) is 0 Å². The first kappa shape index (κ1) is 40.9. The van der Waals surface area contributed by atoms with E-state index in [1.165, 1.54) is 76.8 Å². The van der Waals surface area contributed by atoms with Crippen molar-refractivity contribution in [3.05, 3.63) is 248 Å². The molecule has 0 amide bonds. The van der Waals surface area contributed by atoms with E-state index in [1.807, 2.05) is 54.6 Å². The Hall–Kier alpha value is -9.12. The Balaban J connectivity index is 1.08. The number of rotatable bonds is 7. The summed E-state index contributed by atoms with van der Waals surface area (Å²) in [6, 6.07) is 85.0. The number of benzene rings is 12. The van der Waals surface area contributed by atoms with Crippen LogP contribution in [0.15, 0.2) is 237 Å². The van der Waals surface area contributed by atoms with Crippen molar-refractivity contribution >= 4 is 71.5 Å². The molecule has 12 aromatic rings. The minimum absolute atomic E-state index is 0.184. The smallest absolute Gasteiger partial charge is 0.151 e. The molecule has 1 heterocycles. The number of hydrogen-bond acceptors (Lipinski definition) is 4. The zero-order chi connectivity index (χ0) is 47.2. The molecule has 4 nitrogen and oxygen atoms in total. The van der Waals surface area contributed by atoms with Gasteiger partial charge in [-0.25, -0.2) is 0 Å². The van der Waals surface area contributed by atoms with Gasteiger partial charge in [0.1, 0.15) is 5.75 Å². The van der Waals surface area contributed by atoms with Crippen molar-refractivity contribution in [3.63, 3.8) is 0 Å². The number of ether oxygens (including phenoxy) is 2. The van der Waals surface area contributed by atoms with Gasteiger partial charge in [0.15, 0.2) is 17.2 Å². The second-order valence-electron chi connectivity index (χ2n) is 19.3. The van der Waals surface area contributed by atoms with Crippen molar-refractivity contribution in [2.75, 3.05) is 10.2 Å². The minimum atomic E-state index is -0.184. The van der Waals surface area contributed by atoms with E-state index in [2.05, 4.69) is 206 Å². The summed E-state index contributed by atoms with van der Waals surface area (Å²) in [4.78, 5) is 2.36. The Morgan fingerprint density at radius 1 is 0.423 bits per heavy atom. The molecular weight excluding hydrogens is 865 g/mol. The molecule has 336 valence electrons. The molecule has 0 bridgehead atoms. The third-order valence-electron chi connectivity index (χ3n) is 14.8. The predicted octanol–water partition coefficient (Wildman–Crippen LogP) is 19.1. The Morgan fingerprint density at radius 2 is 1.06 bits per heavy atom. The third-order valence-corrected chi connectivity index (χ3v) is 14.8. The van der Waals surface area contributed by atoms with Crippen LogP contribution in [-0.2, 0) is 5.41 Å². The molecule has 0 spiro atoms. The number of nitrogens with one attached hydrogen (secondary N) is 1. The molecule has 0 unspecified atom stereocenters. The predicted molar refractivity (Wildman–Crippen MR) is 296 cm³/mol. The van der Waals surface area contributed by atoms with Gasteiger partial charge in [0.2, 0.25) is 0 Å². The van der Waals surface area contributed by atoms with Crippen molar-refractivity contribution in [2.24, 2.45) is 0 Å². The maximum absolute atomic E-state index is 6.54. The summed E-state index contributed by atoms with van der Waals surface area (Å²) >= 11 is 0. The lowest BCUT2D eigenvalue weighted by Gasteiger charge is -2.33. The van der Waals surface area contributed by atoms with Crippen LogP contribution in [0, 0.1) is 0 Å². The quantitative estimate of drug-likeness (QED) is 0.128. The number of nitrogens with zero attached hydrogens (tertiary/aromatic N) is 1. The molecule has 4 heteroatoms. The van der Waals surface area contributed by atoms with E-state index in [-0.39, 0.29) is 5.41 Å². The summed E-state index contributed by atoms with van der Waals surface area (Å²) in [5, 5.41) is 13.3. The fraction of sp³-hybridized carbons (Fsp3) is 0.0448. The van der Waals surface area contributed by atoms with Crippen LogP contribution in [0.3, 0.4) is 0 Å². The van der Waals surface area contributed by atoms with Gasteiger partial charge < -0.3 is 19.7 Å². The molecule has 0 saturated carbocycles. The third kappa shape index (κ3) is 6.52. The van der Waals surface area contributed by atoms with Gasteiger partial charge >= 0.3 is 0 Å². The van der Waals surface area contributed by atoms with Crippen LogP contribution in [0.25, 0.3) is 76.5 Å². The standard InChI is InChI=1S/C67H46N2O2/c1-67(2)57-25-11-10-24-50(57)51-35-32-43(39-58(51)67)65-52-36-33-44(68-59-26-12-15-29-62(59)70-46-19-4-3-5-20-46)40-55(52)66(54-38-42-18-6-7-21-47(42)48-22-8-9-23-49(48)54)53-37-34-45(41-56(53)65)69-60-27-13-16-30-63(60)71-64-31-17-14-28-61(64)69/h3-41,68H,1-2H3. The number of hydrogen-bond donors (Lipinski definition) is 1. The fourth-order valence-corrected chi connectivity index (χ4v) is 11.6.